The van der Waals surface area contributed by atoms with E-state index in [0.29, 0.717) is 26.1 Å². The van der Waals surface area contributed by atoms with Gasteiger partial charge in [0.15, 0.2) is 17.7 Å². The first-order valence-electron chi connectivity index (χ1n) is 13.5. The molecule has 4 rings (SSSR count). The lowest BCUT2D eigenvalue weighted by molar-refractivity contribution is -0.168. The van der Waals surface area contributed by atoms with Crippen LogP contribution >= 0.6 is 0 Å². The summed E-state index contributed by atoms with van der Waals surface area (Å²) in [6.45, 7) is 12.3. The first-order chi connectivity index (χ1) is 18.0. The maximum absolute atomic E-state index is 13.3. The van der Waals surface area contributed by atoms with Gasteiger partial charge in [0.05, 0.1) is 24.7 Å². The summed E-state index contributed by atoms with van der Waals surface area (Å²) in [5.74, 6) is -5.24. The molecule has 0 aromatic carbocycles. The normalized spacial score (nSPS) is 37.7. The topological polar surface area (TPSA) is 135 Å². The Balaban J connectivity index is 1.76. The van der Waals surface area contributed by atoms with Crippen molar-refractivity contribution in [2.24, 2.45) is 28.6 Å². The molecule has 10 heteroatoms. The summed E-state index contributed by atoms with van der Waals surface area (Å²) in [6, 6.07) is 0. The lowest BCUT2D eigenvalue weighted by Crippen LogP contribution is -2.52. The number of hydrogen-bond acceptors (Lipinski definition) is 10. The Morgan fingerprint density at radius 2 is 1.77 bits per heavy atom. The van der Waals surface area contributed by atoms with Gasteiger partial charge in [-0.1, -0.05) is 32.9 Å². The Labute approximate surface area is 229 Å². The van der Waals surface area contributed by atoms with Crippen LogP contribution in [0.1, 0.15) is 61.3 Å². The van der Waals surface area contributed by atoms with Gasteiger partial charge in [0, 0.05) is 37.5 Å². The summed E-state index contributed by atoms with van der Waals surface area (Å²) in [5.41, 5.74) is -2.24. The molecule has 1 aliphatic heterocycles. The molecule has 0 radical (unpaired) electrons. The van der Waals surface area contributed by atoms with Crippen LogP contribution in [0.25, 0.3) is 0 Å². The van der Waals surface area contributed by atoms with Crippen molar-refractivity contribution >= 4 is 23.7 Å². The monoisotopic (exact) mass is 548 g/mol. The van der Waals surface area contributed by atoms with Crippen LogP contribution in [0.2, 0.25) is 0 Å². The van der Waals surface area contributed by atoms with Gasteiger partial charge in [-0.2, -0.15) is 0 Å². The standard InChI is InChI=1S/C29H40O10/c1-16(38-17(2)30)25(33)35-15-19-21(32)8-10-27(6)23(19)29(34)20(24(27)39-18(3)31)14-26(4,5)22(29)9-11-28(7)36-12-13-37-28/h8-10,16,19-20,23-24,34H,11-15H2,1-7H3/b22-9-/t16-,19+,20+,23-,24-,27+,29+/m0/s1. The molecule has 2 saturated carbocycles. The summed E-state index contributed by atoms with van der Waals surface area (Å²) < 4.78 is 27.9. The number of ether oxygens (including phenoxy) is 5. The number of aliphatic hydroxyl groups is 1. The predicted molar refractivity (Wildman–Crippen MR) is 137 cm³/mol. The highest BCUT2D eigenvalue weighted by atomic mass is 16.7. The van der Waals surface area contributed by atoms with Gasteiger partial charge in [0.2, 0.25) is 0 Å². The molecular formula is C29H40O10. The summed E-state index contributed by atoms with van der Waals surface area (Å²) in [6.07, 6.45) is 4.11. The van der Waals surface area contributed by atoms with Crippen LogP contribution < -0.4 is 0 Å². The van der Waals surface area contributed by atoms with Crippen LogP contribution in [0, 0.1) is 28.6 Å². The second kappa shape index (κ2) is 10.1. The summed E-state index contributed by atoms with van der Waals surface area (Å²) in [5, 5.41) is 12.8. The van der Waals surface area contributed by atoms with E-state index in [-0.39, 0.29) is 12.4 Å². The highest BCUT2D eigenvalue weighted by molar-refractivity contribution is 5.94. The summed E-state index contributed by atoms with van der Waals surface area (Å²) in [7, 11) is 0. The van der Waals surface area contributed by atoms with E-state index in [1.807, 2.05) is 33.8 Å². The number of allylic oxidation sites excluding steroid dienone is 1. The fourth-order valence-electron chi connectivity index (χ4n) is 7.42. The van der Waals surface area contributed by atoms with Gasteiger partial charge in [-0.3, -0.25) is 14.4 Å². The maximum atomic E-state index is 13.3. The fraction of sp³-hybridized carbons (Fsp3) is 0.724. The number of fused-ring (bicyclic) bond motifs is 3. The second-order valence-electron chi connectivity index (χ2n) is 12.3. The van der Waals surface area contributed by atoms with Gasteiger partial charge in [-0.25, -0.2) is 4.79 Å². The summed E-state index contributed by atoms with van der Waals surface area (Å²) in [4.78, 5) is 49.5. The number of carbonyl (C=O) groups excluding carboxylic acids is 4. The molecule has 3 aliphatic carbocycles. The van der Waals surface area contributed by atoms with Gasteiger partial charge < -0.3 is 28.8 Å². The Morgan fingerprint density at radius 3 is 2.36 bits per heavy atom. The van der Waals surface area contributed by atoms with Crippen molar-refractivity contribution in [3.8, 4) is 0 Å². The number of esters is 3. The van der Waals surface area contributed by atoms with Crippen molar-refractivity contribution in [1.82, 2.24) is 0 Å². The molecule has 4 aliphatic rings. The molecule has 0 spiro atoms. The van der Waals surface area contributed by atoms with E-state index in [9.17, 15) is 24.3 Å². The largest absolute Gasteiger partial charge is 0.462 e. The first kappa shape index (κ1) is 29.4. The minimum absolute atomic E-state index is 0.306. The average Bonchev–Trinajstić information content (AvgIpc) is 3.39. The Morgan fingerprint density at radius 1 is 1.13 bits per heavy atom. The molecule has 10 nitrogen and oxygen atoms in total. The molecular weight excluding hydrogens is 508 g/mol. The number of carbonyl (C=O) groups is 4. The van der Waals surface area contributed by atoms with Crippen molar-refractivity contribution in [3.05, 3.63) is 23.8 Å². The van der Waals surface area contributed by atoms with Crippen molar-refractivity contribution in [3.63, 3.8) is 0 Å². The van der Waals surface area contributed by atoms with E-state index >= 15 is 0 Å². The lowest BCUT2D eigenvalue weighted by Gasteiger charge is -2.45. The zero-order valence-electron chi connectivity index (χ0n) is 23.8. The van der Waals surface area contributed by atoms with Crippen molar-refractivity contribution in [1.29, 1.82) is 0 Å². The van der Waals surface area contributed by atoms with Gasteiger partial charge in [0.1, 0.15) is 12.7 Å². The highest BCUT2D eigenvalue weighted by Gasteiger charge is 2.74. The quantitative estimate of drug-likeness (QED) is 0.287. The van der Waals surface area contributed by atoms with Crippen LogP contribution in [0.4, 0.5) is 0 Å². The molecule has 1 N–H and O–H groups in total. The average molecular weight is 549 g/mol. The molecule has 0 unspecified atom stereocenters. The molecule has 216 valence electrons. The smallest absolute Gasteiger partial charge is 0.347 e. The Hall–Kier alpha value is -2.56. The van der Waals surface area contributed by atoms with Gasteiger partial charge in [-0.05, 0) is 37.3 Å². The molecule has 0 bridgehead atoms. The molecule has 39 heavy (non-hydrogen) atoms. The third-order valence-electron chi connectivity index (χ3n) is 8.90. The lowest BCUT2D eigenvalue weighted by atomic mass is 9.60. The minimum Gasteiger partial charge on any atom is -0.462 e. The van der Waals surface area contributed by atoms with E-state index in [1.54, 1.807) is 6.08 Å². The third kappa shape index (κ3) is 5.07. The fourth-order valence-corrected chi connectivity index (χ4v) is 7.42. The van der Waals surface area contributed by atoms with E-state index in [2.05, 4.69) is 0 Å². The number of hydrogen-bond donors (Lipinski definition) is 1. The van der Waals surface area contributed by atoms with Crippen LogP contribution in [-0.2, 0) is 42.9 Å². The SMILES string of the molecule is CC(=O)O[C@@H](C)C(=O)OC[C@@H]1C(=O)C=C[C@@]2(C)[C@@H](OC(C)=O)[C@H]3CC(C)(C)/C(=C/CC4(C)OCCO4)[C@@]3(O)[C@@H]12. The van der Waals surface area contributed by atoms with E-state index in [4.69, 9.17) is 23.7 Å². The molecule has 0 amide bonds. The Bertz CT molecular complexity index is 1100. The Kier molecular flexibility index (Phi) is 7.64. The molecule has 3 fully saturated rings. The van der Waals surface area contributed by atoms with Crippen LogP contribution in [-0.4, -0.2) is 72.2 Å². The van der Waals surface area contributed by atoms with Gasteiger partial charge >= 0.3 is 17.9 Å². The number of rotatable bonds is 7. The molecule has 0 aromatic heterocycles. The second-order valence-corrected chi connectivity index (χ2v) is 12.3. The maximum Gasteiger partial charge on any atom is 0.347 e. The molecule has 7 atom stereocenters. The predicted octanol–water partition coefficient (Wildman–Crippen LogP) is 2.66. The number of ketones is 1. The molecule has 1 saturated heterocycles. The van der Waals surface area contributed by atoms with E-state index in [0.717, 1.165) is 5.57 Å². The van der Waals surface area contributed by atoms with E-state index in [1.165, 1.54) is 26.8 Å². The molecule has 0 aromatic rings. The minimum atomic E-state index is -1.55. The van der Waals surface area contributed by atoms with E-state index < -0.39 is 70.1 Å². The highest BCUT2D eigenvalue weighted by Crippen LogP contribution is 2.69. The zero-order chi connectivity index (χ0) is 29.0. The third-order valence-corrected chi connectivity index (χ3v) is 8.90. The van der Waals surface area contributed by atoms with Crippen LogP contribution in [0.15, 0.2) is 23.8 Å². The van der Waals surface area contributed by atoms with Crippen molar-refractivity contribution < 1.29 is 48.0 Å². The first-order valence-corrected chi connectivity index (χ1v) is 13.5. The van der Waals surface area contributed by atoms with Crippen molar-refractivity contribution in [2.45, 2.75) is 84.9 Å². The molecule has 1 heterocycles. The summed E-state index contributed by atoms with van der Waals surface area (Å²) >= 11 is 0. The van der Waals surface area contributed by atoms with Gasteiger partial charge in [0.25, 0.3) is 0 Å². The zero-order valence-corrected chi connectivity index (χ0v) is 23.8. The van der Waals surface area contributed by atoms with Crippen molar-refractivity contribution in [2.75, 3.05) is 19.8 Å². The van der Waals surface area contributed by atoms with Crippen LogP contribution in [0.3, 0.4) is 0 Å². The van der Waals surface area contributed by atoms with Crippen LogP contribution in [0.5, 0.6) is 0 Å². The van der Waals surface area contributed by atoms with Gasteiger partial charge in [-0.15, -0.1) is 0 Å².